The van der Waals surface area contributed by atoms with Crippen molar-refractivity contribution < 1.29 is 55.0 Å². The van der Waals surface area contributed by atoms with Crippen molar-refractivity contribution >= 4 is 23.4 Å². The highest BCUT2D eigenvalue weighted by molar-refractivity contribution is 5.98. The zero-order chi connectivity index (χ0) is 41.0. The van der Waals surface area contributed by atoms with E-state index in [2.05, 4.69) is 20.6 Å². The first-order valence-electron chi connectivity index (χ1n) is 17.6. The van der Waals surface area contributed by atoms with Crippen LogP contribution in [0.1, 0.15) is 80.0 Å². The molecule has 17 heteroatoms. The van der Waals surface area contributed by atoms with E-state index in [0.29, 0.717) is 56.5 Å². The van der Waals surface area contributed by atoms with Gasteiger partial charge in [0.05, 0.1) is 23.2 Å². The Balaban J connectivity index is 0.000000387. The van der Waals surface area contributed by atoms with Gasteiger partial charge in [0.1, 0.15) is 13.2 Å². The molecule has 4 rings (SSSR count). The number of halogens is 6. The molecule has 308 valence electrons. The third-order valence-corrected chi connectivity index (χ3v) is 8.00. The number of aromatic nitrogens is 2. The fourth-order valence-corrected chi connectivity index (χ4v) is 4.97. The zero-order valence-electron chi connectivity index (χ0n) is 30.3. The fourth-order valence-electron chi connectivity index (χ4n) is 4.97. The van der Waals surface area contributed by atoms with Gasteiger partial charge in [-0.05, 0) is 80.8 Å². The molecule has 2 heterocycles. The van der Waals surface area contributed by atoms with E-state index in [1.807, 2.05) is 6.92 Å². The van der Waals surface area contributed by atoms with Crippen molar-refractivity contribution in [3.8, 4) is 11.5 Å². The lowest BCUT2D eigenvalue weighted by molar-refractivity contribution is -0.123. The number of ketones is 2. The van der Waals surface area contributed by atoms with E-state index in [-0.39, 0.29) is 25.0 Å². The smallest absolute Gasteiger partial charge is 0.253 e. The summed E-state index contributed by atoms with van der Waals surface area (Å²) >= 11 is 0. The Labute approximate surface area is 326 Å². The number of hydrogen-bond donors (Lipinski definition) is 3. The molecule has 0 saturated carbocycles. The molecule has 0 aliphatic heterocycles. The van der Waals surface area contributed by atoms with E-state index >= 15 is 0 Å². The lowest BCUT2D eigenvalue weighted by atomic mass is 10.0. The molecule has 0 unspecified atom stereocenters. The summed E-state index contributed by atoms with van der Waals surface area (Å²) in [6.45, 7) is 0.955. The largest absolute Gasteiger partial charge is 0.480 e. The summed E-state index contributed by atoms with van der Waals surface area (Å²) in [7, 11) is 0. The van der Waals surface area contributed by atoms with Gasteiger partial charge in [-0.2, -0.15) is 8.78 Å². The van der Waals surface area contributed by atoms with Crippen molar-refractivity contribution in [2.24, 2.45) is 5.73 Å². The summed E-state index contributed by atoms with van der Waals surface area (Å²) in [5, 5.41) is 5.16. The van der Waals surface area contributed by atoms with Crippen molar-refractivity contribution in [2.45, 2.75) is 71.4 Å². The maximum Gasteiger partial charge on any atom is 0.253 e. The number of hydrogen-bond acceptors (Lipinski definition) is 9. The predicted molar refractivity (Wildman–Crippen MR) is 198 cm³/mol. The molecule has 2 amide bonds. The average molecular weight is 806 g/mol. The van der Waals surface area contributed by atoms with Crippen molar-refractivity contribution in [1.82, 2.24) is 20.6 Å². The molecule has 2 atom stereocenters. The number of rotatable bonds is 20. The number of ether oxygens (including phenoxy) is 2. The van der Waals surface area contributed by atoms with Gasteiger partial charge in [-0.15, -0.1) is 0 Å². The molecular formula is C40H45F6N5O6. The Bertz CT molecular complexity index is 1770. The van der Waals surface area contributed by atoms with Gasteiger partial charge < -0.3 is 25.8 Å². The van der Waals surface area contributed by atoms with Crippen LogP contribution in [0.5, 0.6) is 11.5 Å². The first-order chi connectivity index (χ1) is 26.9. The zero-order valence-corrected chi connectivity index (χ0v) is 30.3. The van der Waals surface area contributed by atoms with Crippen molar-refractivity contribution in [1.29, 1.82) is 0 Å². The standard InChI is InChI=1S/C20H21F3N2O3.C19H20F3N3O3.CH4/c1-2-3-4-7-16(25-20(27)13-6-5-10-24-11-13)17(26)12-28-19-15(22)9-8-14(21)18(19)23;20-13-6-7-14(21)18(17(13)22)28-11-16(26)15(5-1-2-8-23)25-19(27)12-4-3-9-24-10-12;/h5-6,8-11,16H,2-4,7,12H2,1H3,(H,25,27);3-4,6-7,9-10,15H,1-2,5,8,11,23H2,(H,25,27);1H4/t16-;15-;/m00./s1. The van der Waals surface area contributed by atoms with Crippen LogP contribution in [0.3, 0.4) is 0 Å². The van der Waals surface area contributed by atoms with Crippen LogP contribution < -0.4 is 25.8 Å². The van der Waals surface area contributed by atoms with Crippen LogP contribution in [-0.4, -0.2) is 65.2 Å². The fraction of sp³-hybridized carbons (Fsp3) is 0.350. The van der Waals surface area contributed by atoms with Gasteiger partial charge in [0.15, 0.2) is 46.3 Å². The number of nitrogens with zero attached hydrogens (tertiary/aromatic N) is 2. The second-order valence-electron chi connectivity index (χ2n) is 12.2. The highest BCUT2D eigenvalue weighted by Gasteiger charge is 2.25. The van der Waals surface area contributed by atoms with Gasteiger partial charge in [0.2, 0.25) is 11.6 Å². The molecule has 4 aromatic rings. The monoisotopic (exact) mass is 805 g/mol. The number of nitrogens with one attached hydrogen (secondary N) is 2. The quantitative estimate of drug-likeness (QED) is 0.0494. The van der Waals surface area contributed by atoms with Crippen LogP contribution in [-0.2, 0) is 9.59 Å². The van der Waals surface area contributed by atoms with E-state index in [0.717, 1.165) is 12.8 Å². The third-order valence-electron chi connectivity index (χ3n) is 8.00. The molecule has 0 aliphatic rings. The number of amides is 2. The molecule has 2 aromatic heterocycles. The first-order valence-corrected chi connectivity index (χ1v) is 17.6. The number of carbonyl (C=O) groups excluding carboxylic acids is 4. The van der Waals surface area contributed by atoms with Crippen molar-refractivity contribution in [3.63, 3.8) is 0 Å². The lowest BCUT2D eigenvalue weighted by Crippen LogP contribution is -2.43. The van der Waals surface area contributed by atoms with Crippen molar-refractivity contribution in [2.75, 3.05) is 19.8 Å². The van der Waals surface area contributed by atoms with Crippen LogP contribution in [0.15, 0.2) is 73.3 Å². The number of carbonyl (C=O) groups is 4. The van der Waals surface area contributed by atoms with Crippen LogP contribution in [0, 0.1) is 34.9 Å². The van der Waals surface area contributed by atoms with Gasteiger partial charge in [0.25, 0.3) is 11.8 Å². The topological polar surface area (TPSA) is 163 Å². The molecule has 2 aromatic carbocycles. The molecule has 0 fully saturated rings. The van der Waals surface area contributed by atoms with E-state index < -0.39 is 95.1 Å². The Hall–Kier alpha value is -5.84. The molecule has 0 saturated heterocycles. The number of nitrogens with two attached hydrogens (primary N) is 1. The van der Waals surface area contributed by atoms with Crippen LogP contribution in [0.25, 0.3) is 0 Å². The van der Waals surface area contributed by atoms with E-state index in [4.69, 9.17) is 15.2 Å². The molecule has 0 radical (unpaired) electrons. The number of unbranched alkanes of at least 4 members (excludes halogenated alkanes) is 3. The van der Waals surface area contributed by atoms with Gasteiger partial charge >= 0.3 is 0 Å². The van der Waals surface area contributed by atoms with Crippen LogP contribution in [0.2, 0.25) is 0 Å². The predicted octanol–water partition coefficient (Wildman–Crippen LogP) is 6.84. The Morgan fingerprint density at radius 1 is 0.632 bits per heavy atom. The SMILES string of the molecule is C.CCCCC[C@H](NC(=O)c1cccnc1)C(=O)COc1c(F)ccc(F)c1F.NCCCC[C@H](NC(=O)c1cccnc1)C(=O)COc1c(F)ccc(F)c1F. The van der Waals surface area contributed by atoms with Gasteiger partial charge in [0, 0.05) is 24.8 Å². The molecule has 11 nitrogen and oxygen atoms in total. The summed E-state index contributed by atoms with van der Waals surface area (Å²) < 4.78 is 90.8. The van der Waals surface area contributed by atoms with Crippen LogP contribution >= 0.6 is 0 Å². The van der Waals surface area contributed by atoms with Gasteiger partial charge in [-0.3, -0.25) is 29.1 Å². The van der Waals surface area contributed by atoms with Crippen molar-refractivity contribution in [3.05, 3.63) is 119 Å². The average Bonchev–Trinajstić information content (AvgIpc) is 3.20. The number of benzene rings is 2. The highest BCUT2D eigenvalue weighted by atomic mass is 19.2. The summed E-state index contributed by atoms with van der Waals surface area (Å²) in [6.07, 6.45) is 9.91. The first kappa shape index (κ1) is 47.3. The van der Waals surface area contributed by atoms with E-state index in [9.17, 15) is 45.5 Å². The Morgan fingerprint density at radius 2 is 1.04 bits per heavy atom. The number of Topliss-reactive ketones (excluding diaryl/α,β-unsaturated/α-hetero) is 2. The second kappa shape index (κ2) is 24.6. The molecule has 0 bridgehead atoms. The summed E-state index contributed by atoms with van der Waals surface area (Å²) in [4.78, 5) is 57.2. The van der Waals surface area contributed by atoms with E-state index in [1.54, 1.807) is 18.2 Å². The maximum atomic E-state index is 13.7. The highest BCUT2D eigenvalue weighted by Crippen LogP contribution is 2.25. The van der Waals surface area contributed by atoms with Gasteiger partial charge in [-0.1, -0.05) is 33.6 Å². The molecule has 0 aliphatic carbocycles. The van der Waals surface area contributed by atoms with Crippen LogP contribution in [0.4, 0.5) is 26.3 Å². The minimum absolute atomic E-state index is 0. The Kier molecular flexibility index (Phi) is 20.4. The minimum atomic E-state index is -1.52. The van der Waals surface area contributed by atoms with Gasteiger partial charge in [-0.25, -0.2) is 17.6 Å². The Morgan fingerprint density at radius 3 is 1.40 bits per heavy atom. The summed E-state index contributed by atoms with van der Waals surface area (Å²) in [5.74, 6) is -12.0. The molecule has 57 heavy (non-hydrogen) atoms. The lowest BCUT2D eigenvalue weighted by Gasteiger charge is -2.18. The number of pyridine rings is 2. The molecule has 0 spiro atoms. The maximum absolute atomic E-state index is 13.7. The third kappa shape index (κ3) is 15.0. The normalized spacial score (nSPS) is 11.5. The van der Waals surface area contributed by atoms with E-state index in [1.165, 1.54) is 30.9 Å². The summed E-state index contributed by atoms with van der Waals surface area (Å²) in [6, 6.07) is 7.01. The summed E-state index contributed by atoms with van der Waals surface area (Å²) in [5.41, 5.74) is 5.97. The minimum Gasteiger partial charge on any atom is -0.480 e. The second-order valence-corrected chi connectivity index (χ2v) is 12.2. The molecule has 4 N–H and O–H groups in total. The molecular weight excluding hydrogens is 760 g/mol.